The predicted molar refractivity (Wildman–Crippen MR) is 44.9 cm³/mol. The van der Waals surface area contributed by atoms with Crippen molar-refractivity contribution in [3.8, 4) is 0 Å². The highest BCUT2D eigenvalue weighted by molar-refractivity contribution is 5.85. The first-order chi connectivity index (χ1) is 7.04. The molecule has 0 aromatic heterocycles. The van der Waals surface area contributed by atoms with Gasteiger partial charge in [-0.25, -0.2) is 8.78 Å². The molecule has 0 heterocycles. The molecule has 0 fully saturated rings. The van der Waals surface area contributed by atoms with Crippen molar-refractivity contribution in [2.45, 2.75) is 19.8 Å². The van der Waals surface area contributed by atoms with Crippen LogP contribution in [0, 0.1) is 5.92 Å². The summed E-state index contributed by atoms with van der Waals surface area (Å²) >= 11 is 0. The van der Waals surface area contributed by atoms with Crippen LogP contribution in [0.15, 0.2) is 11.8 Å². The maximum Gasteiger partial charge on any atom is 0.246 e. The zero-order chi connectivity index (χ0) is 11.8. The zero-order valence-electron chi connectivity index (χ0n) is 8.11. The van der Waals surface area contributed by atoms with Gasteiger partial charge in [-0.2, -0.15) is 0 Å². The van der Waals surface area contributed by atoms with Gasteiger partial charge in [-0.1, -0.05) is 0 Å². The third-order valence-electron chi connectivity index (χ3n) is 1.67. The summed E-state index contributed by atoms with van der Waals surface area (Å²) in [5.41, 5.74) is -0.695. The van der Waals surface area contributed by atoms with Crippen LogP contribution in [0.1, 0.15) is 13.3 Å². The average molecular weight is 221 g/mol. The van der Waals surface area contributed by atoms with Gasteiger partial charge in [0.2, 0.25) is 6.43 Å². The van der Waals surface area contributed by atoms with Gasteiger partial charge in [-0.3, -0.25) is 0 Å². The molecule has 6 heteroatoms. The minimum absolute atomic E-state index is 0.147. The zero-order valence-corrected chi connectivity index (χ0v) is 8.11. The summed E-state index contributed by atoms with van der Waals surface area (Å²) in [6.45, 7) is 1.72. The molecule has 0 aromatic rings. The Morgan fingerprint density at radius 2 is 2.13 bits per heavy atom. The molecule has 0 spiro atoms. The number of hydrogen-bond donors (Lipinski definition) is 0. The van der Waals surface area contributed by atoms with Crippen molar-refractivity contribution in [2.75, 3.05) is 6.61 Å². The van der Waals surface area contributed by atoms with E-state index in [9.17, 15) is 23.5 Å². The third kappa shape index (κ3) is 4.53. The lowest BCUT2D eigenvalue weighted by Crippen LogP contribution is -2.31. The third-order valence-corrected chi connectivity index (χ3v) is 1.67. The molecule has 0 aliphatic rings. The molecule has 15 heavy (non-hydrogen) atoms. The Morgan fingerprint density at radius 3 is 2.47 bits per heavy atom. The molecule has 0 N–H and O–H groups in total. The summed E-state index contributed by atoms with van der Waals surface area (Å²) in [6, 6.07) is 0. The standard InChI is InChI=1S/C9H12F2O4/c1-2-15-5-7(9(13)14)6(3-4-12)8(10)11/h4-6,8H,2-3H2,1H3,(H,13,14)/p-1. The molecule has 1 atom stereocenters. The molecule has 0 amide bonds. The van der Waals surface area contributed by atoms with Gasteiger partial charge in [0, 0.05) is 12.0 Å². The molecule has 0 saturated heterocycles. The van der Waals surface area contributed by atoms with Crippen molar-refractivity contribution in [2.24, 2.45) is 5.92 Å². The van der Waals surface area contributed by atoms with E-state index in [1.807, 2.05) is 0 Å². The number of ether oxygens (including phenoxy) is 1. The summed E-state index contributed by atoms with van der Waals surface area (Å²) in [7, 11) is 0. The van der Waals surface area contributed by atoms with E-state index in [1.54, 1.807) is 6.92 Å². The van der Waals surface area contributed by atoms with E-state index in [4.69, 9.17) is 0 Å². The predicted octanol–water partition coefficient (Wildman–Crippen LogP) is 0.127. The van der Waals surface area contributed by atoms with Gasteiger partial charge in [0.1, 0.15) is 6.29 Å². The largest absolute Gasteiger partial charge is 0.545 e. The van der Waals surface area contributed by atoms with Gasteiger partial charge < -0.3 is 19.4 Å². The van der Waals surface area contributed by atoms with Crippen molar-refractivity contribution in [1.29, 1.82) is 0 Å². The van der Waals surface area contributed by atoms with Gasteiger partial charge in [0.25, 0.3) is 0 Å². The molecular formula is C9H11F2O4-. The second kappa shape index (κ2) is 6.92. The van der Waals surface area contributed by atoms with E-state index in [0.29, 0.717) is 6.26 Å². The van der Waals surface area contributed by atoms with Crippen LogP contribution >= 0.6 is 0 Å². The normalized spacial score (nSPS) is 13.7. The molecule has 86 valence electrons. The quantitative estimate of drug-likeness (QED) is 0.348. The van der Waals surface area contributed by atoms with E-state index >= 15 is 0 Å². The first-order valence-electron chi connectivity index (χ1n) is 4.29. The number of halogens is 2. The molecule has 0 saturated carbocycles. The van der Waals surface area contributed by atoms with Gasteiger partial charge in [-0.05, 0) is 6.92 Å². The fraction of sp³-hybridized carbons (Fsp3) is 0.556. The number of carboxylic acid groups (broad SMARTS) is 1. The van der Waals surface area contributed by atoms with Gasteiger partial charge >= 0.3 is 0 Å². The highest BCUT2D eigenvalue weighted by atomic mass is 19.3. The lowest BCUT2D eigenvalue weighted by molar-refractivity contribution is -0.300. The smallest absolute Gasteiger partial charge is 0.246 e. The summed E-state index contributed by atoms with van der Waals surface area (Å²) in [5.74, 6) is -3.44. The average Bonchev–Trinajstić information content (AvgIpc) is 2.16. The number of rotatable bonds is 7. The van der Waals surface area contributed by atoms with Crippen molar-refractivity contribution >= 4 is 12.3 Å². The second-order valence-corrected chi connectivity index (χ2v) is 2.66. The van der Waals surface area contributed by atoms with Crippen LogP contribution in [0.3, 0.4) is 0 Å². The van der Waals surface area contributed by atoms with Crippen molar-refractivity contribution in [3.63, 3.8) is 0 Å². The molecule has 0 aromatic carbocycles. The Bertz CT molecular complexity index is 250. The van der Waals surface area contributed by atoms with E-state index in [0.717, 1.165) is 0 Å². The summed E-state index contributed by atoms with van der Waals surface area (Å²) in [4.78, 5) is 20.6. The molecule has 0 aliphatic heterocycles. The van der Waals surface area contributed by atoms with Crippen LogP contribution < -0.4 is 5.11 Å². The van der Waals surface area contributed by atoms with Gasteiger partial charge in [-0.15, -0.1) is 0 Å². The highest BCUT2D eigenvalue weighted by Crippen LogP contribution is 2.22. The molecule has 0 rings (SSSR count). The summed E-state index contributed by atoms with van der Waals surface area (Å²) < 4.78 is 29.4. The van der Waals surface area contributed by atoms with Crippen molar-refractivity contribution in [3.05, 3.63) is 11.8 Å². The van der Waals surface area contributed by atoms with Crippen molar-refractivity contribution < 1.29 is 28.2 Å². The number of carbonyl (C=O) groups is 2. The van der Waals surface area contributed by atoms with Gasteiger partial charge in [0.05, 0.1) is 24.8 Å². The first kappa shape index (κ1) is 13.5. The lowest BCUT2D eigenvalue weighted by atomic mass is 9.98. The fourth-order valence-corrected chi connectivity index (χ4v) is 0.929. The molecular weight excluding hydrogens is 210 g/mol. The Balaban J connectivity index is 4.82. The van der Waals surface area contributed by atoms with E-state index in [2.05, 4.69) is 4.74 Å². The lowest BCUT2D eigenvalue weighted by Gasteiger charge is -2.17. The molecule has 0 aliphatic carbocycles. The number of carboxylic acids is 1. The minimum Gasteiger partial charge on any atom is -0.545 e. The van der Waals surface area contributed by atoms with Crippen LogP contribution in [0.25, 0.3) is 0 Å². The molecule has 0 radical (unpaired) electrons. The first-order valence-corrected chi connectivity index (χ1v) is 4.29. The van der Waals surface area contributed by atoms with Crippen LogP contribution in [0.2, 0.25) is 0 Å². The number of carbonyl (C=O) groups excluding carboxylic acids is 2. The van der Waals surface area contributed by atoms with Crippen LogP contribution in [0.5, 0.6) is 0 Å². The molecule has 0 bridgehead atoms. The Hall–Kier alpha value is -1.46. The number of alkyl halides is 2. The summed E-state index contributed by atoms with van der Waals surface area (Å²) in [5, 5.41) is 10.5. The maximum atomic E-state index is 12.4. The highest BCUT2D eigenvalue weighted by Gasteiger charge is 2.25. The maximum absolute atomic E-state index is 12.4. The summed E-state index contributed by atoms with van der Waals surface area (Å²) in [6.07, 6.45) is -2.58. The van der Waals surface area contributed by atoms with Crippen LogP contribution in [-0.4, -0.2) is 25.3 Å². The second-order valence-electron chi connectivity index (χ2n) is 2.66. The molecule has 1 unspecified atom stereocenters. The monoisotopic (exact) mass is 221 g/mol. The Labute approximate surface area is 85.5 Å². The van der Waals surface area contributed by atoms with Crippen LogP contribution in [0.4, 0.5) is 8.78 Å². The molecule has 4 nitrogen and oxygen atoms in total. The fourth-order valence-electron chi connectivity index (χ4n) is 0.929. The number of aldehydes is 1. The number of hydrogen-bond acceptors (Lipinski definition) is 4. The van der Waals surface area contributed by atoms with E-state index in [-0.39, 0.29) is 12.9 Å². The van der Waals surface area contributed by atoms with E-state index in [1.165, 1.54) is 0 Å². The van der Waals surface area contributed by atoms with E-state index < -0.39 is 30.3 Å². The van der Waals surface area contributed by atoms with Crippen molar-refractivity contribution in [1.82, 2.24) is 0 Å². The minimum atomic E-state index is -2.94. The van der Waals surface area contributed by atoms with Crippen LogP contribution in [-0.2, 0) is 14.3 Å². The number of aliphatic carboxylic acids is 1. The SMILES string of the molecule is CCOC=C(C(=O)[O-])C(CC=O)C(F)F. The Morgan fingerprint density at radius 1 is 1.53 bits per heavy atom. The topological polar surface area (TPSA) is 66.4 Å². The Kier molecular flexibility index (Phi) is 6.24. The van der Waals surface area contributed by atoms with Gasteiger partial charge in [0.15, 0.2) is 0 Å².